The first kappa shape index (κ1) is 16.1. The number of halogens is 1. The molecule has 126 valence electrons. The summed E-state index contributed by atoms with van der Waals surface area (Å²) in [6, 6.07) is 14.8. The third kappa shape index (κ3) is 2.90. The Morgan fingerprint density at radius 3 is 2.56 bits per heavy atom. The Balaban J connectivity index is 2.05. The molecule has 0 bridgehead atoms. The third-order valence-corrected chi connectivity index (χ3v) is 4.86. The van der Waals surface area contributed by atoms with E-state index in [0.29, 0.717) is 16.6 Å². The van der Waals surface area contributed by atoms with E-state index < -0.39 is 11.5 Å². The highest BCUT2D eigenvalue weighted by atomic mass is 127. The SMILES string of the molecule is Nc1c(C(=O)OC2CC2)c(=O)n(-c2ccccc2)c2cc(I)ccc12. The number of fused-ring (bicyclic) bond motifs is 1. The summed E-state index contributed by atoms with van der Waals surface area (Å²) < 4.78 is 7.84. The molecule has 1 aliphatic carbocycles. The molecule has 0 amide bonds. The van der Waals surface area contributed by atoms with Crippen LogP contribution in [0.15, 0.2) is 53.3 Å². The van der Waals surface area contributed by atoms with E-state index in [1.54, 1.807) is 0 Å². The summed E-state index contributed by atoms with van der Waals surface area (Å²) in [5.74, 6) is -0.643. The molecule has 2 aromatic carbocycles. The van der Waals surface area contributed by atoms with E-state index in [-0.39, 0.29) is 17.4 Å². The van der Waals surface area contributed by atoms with Gasteiger partial charge in [-0.25, -0.2) is 4.79 Å². The average molecular weight is 446 g/mol. The van der Waals surface area contributed by atoms with E-state index in [0.717, 1.165) is 16.4 Å². The number of anilines is 1. The van der Waals surface area contributed by atoms with Gasteiger partial charge in [-0.1, -0.05) is 18.2 Å². The van der Waals surface area contributed by atoms with E-state index in [2.05, 4.69) is 22.6 Å². The fourth-order valence-corrected chi connectivity index (χ4v) is 3.29. The molecule has 0 atom stereocenters. The molecule has 1 heterocycles. The van der Waals surface area contributed by atoms with Crippen molar-refractivity contribution in [2.75, 3.05) is 5.73 Å². The molecule has 6 heteroatoms. The maximum Gasteiger partial charge on any atom is 0.346 e. The van der Waals surface area contributed by atoms with Crippen LogP contribution in [0.1, 0.15) is 23.2 Å². The Labute approximate surface area is 157 Å². The smallest absolute Gasteiger partial charge is 0.346 e. The number of nitrogens with zero attached hydrogens (tertiary/aromatic N) is 1. The van der Waals surface area contributed by atoms with Gasteiger partial charge in [-0.05, 0) is 65.8 Å². The van der Waals surface area contributed by atoms with Gasteiger partial charge in [0.15, 0.2) is 0 Å². The first-order chi connectivity index (χ1) is 12.1. The molecule has 1 saturated carbocycles. The number of aromatic nitrogens is 1. The molecule has 4 rings (SSSR count). The van der Waals surface area contributed by atoms with Gasteiger partial charge < -0.3 is 10.5 Å². The van der Waals surface area contributed by atoms with Gasteiger partial charge in [0.05, 0.1) is 11.2 Å². The molecule has 0 radical (unpaired) electrons. The van der Waals surface area contributed by atoms with E-state index in [1.807, 2.05) is 48.5 Å². The van der Waals surface area contributed by atoms with Crippen molar-refractivity contribution < 1.29 is 9.53 Å². The zero-order valence-corrected chi connectivity index (χ0v) is 15.4. The minimum atomic E-state index is -0.643. The second-order valence-electron chi connectivity index (χ2n) is 6.03. The van der Waals surface area contributed by atoms with Gasteiger partial charge in [0.1, 0.15) is 11.7 Å². The molecule has 25 heavy (non-hydrogen) atoms. The Bertz CT molecular complexity index is 1040. The lowest BCUT2D eigenvalue weighted by Gasteiger charge is -2.15. The fraction of sp³-hybridized carbons (Fsp3) is 0.158. The van der Waals surface area contributed by atoms with Crippen LogP contribution in [0.2, 0.25) is 0 Å². The van der Waals surface area contributed by atoms with Crippen molar-refractivity contribution in [1.29, 1.82) is 0 Å². The molecular formula is C19H15IN2O3. The molecule has 3 aromatic rings. The van der Waals surface area contributed by atoms with Crippen molar-refractivity contribution in [2.24, 2.45) is 0 Å². The Hall–Kier alpha value is -2.35. The second-order valence-corrected chi connectivity index (χ2v) is 7.28. The van der Waals surface area contributed by atoms with Gasteiger partial charge in [-0.2, -0.15) is 0 Å². The van der Waals surface area contributed by atoms with Gasteiger partial charge in [0, 0.05) is 14.6 Å². The minimum Gasteiger partial charge on any atom is -0.459 e. The molecule has 2 N–H and O–H groups in total. The number of para-hydroxylation sites is 1. The molecule has 1 aliphatic rings. The van der Waals surface area contributed by atoms with E-state index >= 15 is 0 Å². The summed E-state index contributed by atoms with van der Waals surface area (Å²) in [4.78, 5) is 25.7. The van der Waals surface area contributed by atoms with Gasteiger partial charge in [-0.3, -0.25) is 9.36 Å². The highest BCUT2D eigenvalue weighted by Gasteiger charge is 2.30. The predicted octanol–water partition coefficient (Wildman–Crippen LogP) is 3.50. The molecule has 0 saturated heterocycles. The summed E-state index contributed by atoms with van der Waals surface area (Å²) in [7, 11) is 0. The largest absolute Gasteiger partial charge is 0.459 e. The van der Waals surface area contributed by atoms with Gasteiger partial charge in [0.25, 0.3) is 5.56 Å². The number of pyridine rings is 1. The Morgan fingerprint density at radius 1 is 1.16 bits per heavy atom. The molecule has 1 aromatic heterocycles. The number of nitrogens with two attached hydrogens (primary N) is 1. The summed E-state index contributed by atoms with van der Waals surface area (Å²) in [6.07, 6.45) is 1.58. The highest BCUT2D eigenvalue weighted by molar-refractivity contribution is 14.1. The van der Waals surface area contributed by atoms with Crippen LogP contribution in [0.4, 0.5) is 5.69 Å². The number of esters is 1. The number of nitrogen functional groups attached to an aromatic ring is 1. The van der Waals surface area contributed by atoms with Gasteiger partial charge in [0.2, 0.25) is 0 Å². The summed E-state index contributed by atoms with van der Waals surface area (Å²) in [6.45, 7) is 0. The molecule has 1 fully saturated rings. The monoisotopic (exact) mass is 446 g/mol. The number of carbonyl (C=O) groups is 1. The van der Waals surface area contributed by atoms with Crippen LogP contribution >= 0.6 is 22.6 Å². The lowest BCUT2D eigenvalue weighted by atomic mass is 10.1. The topological polar surface area (TPSA) is 74.3 Å². The van der Waals surface area contributed by atoms with Crippen LogP contribution in [-0.2, 0) is 4.74 Å². The second kappa shape index (κ2) is 6.18. The summed E-state index contributed by atoms with van der Waals surface area (Å²) in [5.41, 5.74) is 7.18. The average Bonchev–Trinajstić information content (AvgIpc) is 3.39. The van der Waals surface area contributed by atoms with E-state index in [9.17, 15) is 9.59 Å². The number of ether oxygens (including phenoxy) is 1. The number of carbonyl (C=O) groups excluding carboxylic acids is 1. The standard InChI is InChI=1S/C19H15IN2O3/c20-11-6-9-14-15(10-11)22(12-4-2-1-3-5-12)18(23)16(17(14)21)19(24)25-13-7-8-13/h1-6,9-10,13H,7-8,21H2. The van der Waals surface area contributed by atoms with Crippen LogP contribution in [0.5, 0.6) is 0 Å². The third-order valence-electron chi connectivity index (χ3n) is 4.19. The van der Waals surface area contributed by atoms with Gasteiger partial charge in [-0.15, -0.1) is 0 Å². The van der Waals surface area contributed by atoms with Crippen LogP contribution < -0.4 is 11.3 Å². The van der Waals surface area contributed by atoms with Crippen molar-refractivity contribution >= 4 is 45.2 Å². The molecule has 0 spiro atoms. The van der Waals surface area contributed by atoms with Crippen molar-refractivity contribution in [1.82, 2.24) is 4.57 Å². The number of hydrogen-bond acceptors (Lipinski definition) is 4. The Kier molecular flexibility index (Phi) is 3.99. The highest BCUT2D eigenvalue weighted by Crippen LogP contribution is 2.29. The van der Waals surface area contributed by atoms with Crippen molar-refractivity contribution in [3.63, 3.8) is 0 Å². The number of benzene rings is 2. The lowest BCUT2D eigenvalue weighted by molar-refractivity contribution is 0.0471. The lowest BCUT2D eigenvalue weighted by Crippen LogP contribution is -2.29. The van der Waals surface area contributed by atoms with Crippen molar-refractivity contribution in [3.05, 3.63) is 68.0 Å². The normalized spacial score (nSPS) is 13.8. The summed E-state index contributed by atoms with van der Waals surface area (Å²) >= 11 is 2.19. The maximum atomic E-state index is 13.1. The van der Waals surface area contributed by atoms with E-state index in [4.69, 9.17) is 10.5 Å². The first-order valence-electron chi connectivity index (χ1n) is 7.96. The summed E-state index contributed by atoms with van der Waals surface area (Å²) in [5, 5.41) is 0.659. The first-order valence-corrected chi connectivity index (χ1v) is 9.04. The molecule has 0 aliphatic heterocycles. The van der Waals surface area contributed by atoms with Crippen LogP contribution in [-0.4, -0.2) is 16.6 Å². The quantitative estimate of drug-likeness (QED) is 0.494. The van der Waals surface area contributed by atoms with E-state index in [1.165, 1.54) is 4.57 Å². The predicted molar refractivity (Wildman–Crippen MR) is 105 cm³/mol. The molecule has 0 unspecified atom stereocenters. The van der Waals surface area contributed by atoms with Crippen molar-refractivity contribution in [3.8, 4) is 5.69 Å². The van der Waals surface area contributed by atoms with Gasteiger partial charge >= 0.3 is 5.97 Å². The van der Waals surface area contributed by atoms with Crippen molar-refractivity contribution in [2.45, 2.75) is 18.9 Å². The molecule has 5 nitrogen and oxygen atoms in total. The molecular weight excluding hydrogens is 431 g/mol. The zero-order valence-electron chi connectivity index (χ0n) is 13.2. The van der Waals surface area contributed by atoms with Crippen LogP contribution in [0, 0.1) is 3.57 Å². The number of hydrogen-bond donors (Lipinski definition) is 1. The fourth-order valence-electron chi connectivity index (χ4n) is 2.82. The number of rotatable bonds is 3. The minimum absolute atomic E-state index is 0.0931. The van der Waals surface area contributed by atoms with Crippen LogP contribution in [0.25, 0.3) is 16.6 Å². The zero-order chi connectivity index (χ0) is 17.6. The maximum absolute atomic E-state index is 13.1. The van der Waals surface area contributed by atoms with Crippen LogP contribution in [0.3, 0.4) is 0 Å². The Morgan fingerprint density at radius 2 is 1.88 bits per heavy atom.